The number of benzene rings is 2. The molecule has 0 saturated carbocycles. The maximum absolute atomic E-state index is 13.9. The molecule has 0 bridgehead atoms. The van der Waals surface area contributed by atoms with Gasteiger partial charge in [0.05, 0.1) is 9.77 Å². The Kier molecular flexibility index (Phi) is 6.30. The summed E-state index contributed by atoms with van der Waals surface area (Å²) < 4.78 is 39.3. The van der Waals surface area contributed by atoms with Gasteiger partial charge in [-0.15, -0.1) is 11.3 Å². The number of hydrogen-bond acceptors (Lipinski definition) is 5. The number of amides is 2. The SMILES string of the molecule is CN(C)S(=O)(=O)c1cccc(C(=O)NNC(=O)c2ccc(-c3ccccc3F)s2)c1. The van der Waals surface area contributed by atoms with Crippen molar-refractivity contribution in [3.8, 4) is 10.4 Å². The van der Waals surface area contributed by atoms with Crippen LogP contribution in [0.25, 0.3) is 10.4 Å². The van der Waals surface area contributed by atoms with Gasteiger partial charge in [-0.1, -0.05) is 24.3 Å². The maximum Gasteiger partial charge on any atom is 0.279 e. The Hall–Kier alpha value is -3.08. The van der Waals surface area contributed by atoms with Crippen LogP contribution in [0.3, 0.4) is 0 Å². The minimum atomic E-state index is -3.70. The number of carbonyl (C=O) groups is 2. The van der Waals surface area contributed by atoms with E-state index >= 15 is 0 Å². The molecule has 0 aliphatic carbocycles. The first-order valence-electron chi connectivity index (χ1n) is 8.68. The van der Waals surface area contributed by atoms with E-state index in [4.69, 9.17) is 0 Å². The van der Waals surface area contributed by atoms with Gasteiger partial charge in [0, 0.05) is 30.1 Å². The van der Waals surface area contributed by atoms with Gasteiger partial charge in [-0.2, -0.15) is 0 Å². The third kappa shape index (κ3) is 4.56. The highest BCUT2D eigenvalue weighted by atomic mass is 32.2. The Morgan fingerprint density at radius 1 is 0.933 bits per heavy atom. The van der Waals surface area contributed by atoms with Gasteiger partial charge in [-0.3, -0.25) is 20.4 Å². The van der Waals surface area contributed by atoms with Gasteiger partial charge in [-0.25, -0.2) is 17.1 Å². The van der Waals surface area contributed by atoms with Gasteiger partial charge in [-0.05, 0) is 36.4 Å². The topological polar surface area (TPSA) is 95.6 Å². The molecule has 1 heterocycles. The fraction of sp³-hybridized carbons (Fsp3) is 0.100. The average Bonchev–Trinajstić information content (AvgIpc) is 3.22. The smallest absolute Gasteiger partial charge is 0.267 e. The molecule has 0 spiro atoms. The van der Waals surface area contributed by atoms with E-state index in [1.165, 1.54) is 50.5 Å². The zero-order valence-corrected chi connectivity index (χ0v) is 17.7. The fourth-order valence-corrected chi connectivity index (χ4v) is 4.40. The number of carbonyl (C=O) groups excluding carboxylic acids is 2. The van der Waals surface area contributed by atoms with Crippen molar-refractivity contribution >= 4 is 33.2 Å². The van der Waals surface area contributed by atoms with E-state index in [1.807, 2.05) is 0 Å². The van der Waals surface area contributed by atoms with Crippen LogP contribution in [0.4, 0.5) is 4.39 Å². The molecule has 2 amide bonds. The van der Waals surface area contributed by atoms with Crippen LogP contribution in [-0.4, -0.2) is 38.6 Å². The second-order valence-electron chi connectivity index (χ2n) is 6.37. The highest BCUT2D eigenvalue weighted by Gasteiger charge is 2.19. The zero-order valence-electron chi connectivity index (χ0n) is 16.0. The molecule has 0 saturated heterocycles. The summed E-state index contributed by atoms with van der Waals surface area (Å²) in [5, 5.41) is 0. The van der Waals surface area contributed by atoms with E-state index in [2.05, 4.69) is 10.9 Å². The zero-order chi connectivity index (χ0) is 21.9. The number of halogens is 1. The number of hydrogen-bond donors (Lipinski definition) is 2. The second-order valence-corrected chi connectivity index (χ2v) is 9.60. The van der Waals surface area contributed by atoms with Gasteiger partial charge >= 0.3 is 0 Å². The highest BCUT2D eigenvalue weighted by molar-refractivity contribution is 7.89. The summed E-state index contributed by atoms with van der Waals surface area (Å²) in [4.78, 5) is 25.4. The van der Waals surface area contributed by atoms with Crippen LogP contribution < -0.4 is 10.9 Å². The molecule has 0 unspecified atom stereocenters. The third-order valence-corrected chi connectivity index (χ3v) is 7.06. The van der Waals surface area contributed by atoms with E-state index in [0.29, 0.717) is 10.4 Å². The predicted octanol–water partition coefficient (Wildman–Crippen LogP) is 2.88. The van der Waals surface area contributed by atoms with Gasteiger partial charge in [0.2, 0.25) is 10.0 Å². The molecule has 0 atom stereocenters. The van der Waals surface area contributed by atoms with Crippen LogP contribution in [-0.2, 0) is 10.0 Å². The summed E-state index contributed by atoms with van der Waals surface area (Å²) in [6, 6.07) is 14.8. The first kappa shape index (κ1) is 21.6. The van der Waals surface area contributed by atoms with E-state index in [0.717, 1.165) is 15.6 Å². The normalized spacial score (nSPS) is 11.3. The first-order chi connectivity index (χ1) is 14.2. The van der Waals surface area contributed by atoms with Crippen molar-refractivity contribution in [1.29, 1.82) is 0 Å². The molecule has 2 aromatic carbocycles. The molecule has 3 rings (SSSR count). The average molecular weight is 448 g/mol. The van der Waals surface area contributed by atoms with Crippen LogP contribution >= 0.6 is 11.3 Å². The number of thiophene rings is 1. The van der Waals surface area contributed by atoms with Gasteiger partial charge < -0.3 is 0 Å². The van der Waals surface area contributed by atoms with Crippen molar-refractivity contribution in [2.45, 2.75) is 4.90 Å². The van der Waals surface area contributed by atoms with E-state index in [-0.39, 0.29) is 15.3 Å². The summed E-state index contributed by atoms with van der Waals surface area (Å²) in [6.07, 6.45) is 0. The molecule has 2 N–H and O–H groups in total. The number of rotatable bonds is 5. The predicted molar refractivity (Wildman–Crippen MR) is 112 cm³/mol. The maximum atomic E-state index is 13.9. The van der Waals surface area contributed by atoms with Crippen LogP contribution in [0.15, 0.2) is 65.6 Å². The molecule has 30 heavy (non-hydrogen) atoms. The standard InChI is InChI=1S/C20H18FN3O4S2/c1-24(2)30(27,28)14-7-5-6-13(12-14)19(25)22-23-20(26)18-11-10-17(29-18)15-8-3-4-9-16(15)21/h3-12H,1-2H3,(H,22,25)(H,23,26). The van der Waals surface area contributed by atoms with Crippen molar-refractivity contribution in [2.24, 2.45) is 0 Å². The quantitative estimate of drug-likeness (QED) is 0.588. The Bertz CT molecular complexity index is 1210. The lowest BCUT2D eigenvalue weighted by Gasteiger charge is -2.12. The molecular weight excluding hydrogens is 429 g/mol. The van der Waals surface area contributed by atoms with E-state index in [9.17, 15) is 22.4 Å². The molecular formula is C20H18FN3O4S2. The van der Waals surface area contributed by atoms with E-state index < -0.39 is 27.7 Å². The first-order valence-corrected chi connectivity index (χ1v) is 10.9. The summed E-state index contributed by atoms with van der Waals surface area (Å²) in [6.45, 7) is 0. The Morgan fingerprint density at radius 3 is 2.33 bits per heavy atom. The minimum absolute atomic E-state index is 0.0423. The third-order valence-electron chi connectivity index (χ3n) is 4.13. The molecule has 10 heteroatoms. The van der Waals surface area contributed by atoms with Crippen LogP contribution in [0.1, 0.15) is 20.0 Å². The van der Waals surface area contributed by atoms with Crippen molar-refractivity contribution < 1.29 is 22.4 Å². The number of sulfonamides is 1. The lowest BCUT2D eigenvalue weighted by atomic mass is 10.2. The molecule has 0 aliphatic heterocycles. The molecule has 3 aromatic rings. The number of nitrogens with one attached hydrogen (secondary N) is 2. The molecule has 156 valence electrons. The summed E-state index contributed by atoms with van der Waals surface area (Å²) in [5.41, 5.74) is 4.97. The molecule has 0 fully saturated rings. The Labute approximate surface area is 177 Å². The van der Waals surface area contributed by atoms with Gasteiger partial charge in [0.15, 0.2) is 0 Å². The Balaban J connectivity index is 1.69. The lowest BCUT2D eigenvalue weighted by Crippen LogP contribution is -2.41. The van der Waals surface area contributed by atoms with Crippen LogP contribution in [0, 0.1) is 5.82 Å². The second kappa shape index (κ2) is 8.74. The van der Waals surface area contributed by atoms with Crippen molar-refractivity contribution in [2.75, 3.05) is 14.1 Å². The number of hydrazine groups is 1. The van der Waals surface area contributed by atoms with Gasteiger partial charge in [0.25, 0.3) is 11.8 Å². The van der Waals surface area contributed by atoms with Crippen molar-refractivity contribution in [1.82, 2.24) is 15.2 Å². The molecule has 0 aliphatic rings. The molecule has 7 nitrogen and oxygen atoms in total. The van der Waals surface area contributed by atoms with Gasteiger partial charge in [0.1, 0.15) is 5.82 Å². The lowest BCUT2D eigenvalue weighted by molar-refractivity contribution is 0.0849. The van der Waals surface area contributed by atoms with E-state index in [1.54, 1.807) is 24.3 Å². The van der Waals surface area contributed by atoms with Crippen molar-refractivity contribution in [3.05, 3.63) is 76.9 Å². The van der Waals surface area contributed by atoms with Crippen molar-refractivity contribution in [3.63, 3.8) is 0 Å². The molecule has 1 aromatic heterocycles. The Morgan fingerprint density at radius 2 is 1.63 bits per heavy atom. The summed E-state index contributed by atoms with van der Waals surface area (Å²) >= 11 is 1.08. The molecule has 0 radical (unpaired) electrons. The monoisotopic (exact) mass is 447 g/mol. The number of nitrogens with zero attached hydrogens (tertiary/aromatic N) is 1. The summed E-state index contributed by atoms with van der Waals surface area (Å²) in [7, 11) is -0.922. The largest absolute Gasteiger partial charge is 0.279 e. The summed E-state index contributed by atoms with van der Waals surface area (Å²) in [5.74, 6) is -1.65. The van der Waals surface area contributed by atoms with Crippen LogP contribution in [0.5, 0.6) is 0 Å². The fourth-order valence-electron chi connectivity index (χ4n) is 2.52. The minimum Gasteiger partial charge on any atom is -0.267 e. The highest BCUT2D eigenvalue weighted by Crippen LogP contribution is 2.29. The van der Waals surface area contributed by atoms with Crippen LogP contribution in [0.2, 0.25) is 0 Å².